The van der Waals surface area contributed by atoms with Crippen LogP contribution in [0.25, 0.3) is 10.9 Å². The van der Waals surface area contributed by atoms with E-state index in [1.807, 2.05) is 51.2 Å². The summed E-state index contributed by atoms with van der Waals surface area (Å²) in [6.45, 7) is 7.90. The maximum absolute atomic E-state index is 14.2. The lowest BCUT2D eigenvalue weighted by molar-refractivity contribution is -0.151. The predicted octanol–water partition coefficient (Wildman–Crippen LogP) is 3.88. The van der Waals surface area contributed by atoms with Crippen LogP contribution in [0.2, 0.25) is 0 Å². The molecule has 4 rings (SSSR count). The van der Waals surface area contributed by atoms with Gasteiger partial charge in [0.25, 0.3) is 0 Å². The molecule has 44 heavy (non-hydrogen) atoms. The number of aromatic nitrogens is 1. The lowest BCUT2D eigenvalue weighted by Crippen LogP contribution is -2.62. The summed E-state index contributed by atoms with van der Waals surface area (Å²) in [5.41, 5.74) is 1.97. The third-order valence-electron chi connectivity index (χ3n) is 9.40. The van der Waals surface area contributed by atoms with Gasteiger partial charge in [-0.05, 0) is 49.7 Å². The second-order valence-corrected chi connectivity index (χ2v) is 12.5. The topological polar surface area (TPSA) is 132 Å². The van der Waals surface area contributed by atoms with Crippen LogP contribution in [0.1, 0.15) is 91.0 Å². The number of carbonyl (C=O) groups is 5. The number of fused-ring (bicyclic) bond motifs is 2. The molecule has 2 aliphatic heterocycles. The molecular formula is C34H49N5O5. The van der Waals surface area contributed by atoms with Gasteiger partial charge < -0.3 is 25.4 Å². The molecule has 0 unspecified atom stereocenters. The average molecular weight is 608 g/mol. The van der Waals surface area contributed by atoms with Gasteiger partial charge in [-0.15, -0.1) is 0 Å². The second-order valence-electron chi connectivity index (χ2n) is 12.5. The van der Waals surface area contributed by atoms with Gasteiger partial charge in [0.15, 0.2) is 0 Å². The van der Waals surface area contributed by atoms with Crippen LogP contribution in [0.5, 0.6) is 0 Å². The summed E-state index contributed by atoms with van der Waals surface area (Å²) < 4.78 is 0. The summed E-state index contributed by atoms with van der Waals surface area (Å²) in [6, 6.07) is 5.22. The Kier molecular flexibility index (Phi) is 11.6. The molecule has 4 amide bonds. The number of nitrogens with zero attached hydrogens (tertiary/aromatic N) is 2. The number of amides is 4. The first kappa shape index (κ1) is 33.2. The van der Waals surface area contributed by atoms with Gasteiger partial charge in [0.2, 0.25) is 23.6 Å². The van der Waals surface area contributed by atoms with Crippen molar-refractivity contribution >= 4 is 40.3 Å². The maximum Gasteiger partial charge on any atom is 0.246 e. The van der Waals surface area contributed by atoms with E-state index < -0.39 is 24.2 Å². The number of rotatable bonds is 11. The Labute approximate surface area is 260 Å². The zero-order valence-corrected chi connectivity index (χ0v) is 26.7. The van der Waals surface area contributed by atoms with Gasteiger partial charge in [-0.3, -0.25) is 24.0 Å². The first-order valence-electron chi connectivity index (χ1n) is 16.4. The van der Waals surface area contributed by atoms with Crippen molar-refractivity contribution in [3.63, 3.8) is 0 Å². The maximum atomic E-state index is 14.2. The van der Waals surface area contributed by atoms with Crippen molar-refractivity contribution in [3.05, 3.63) is 36.0 Å². The van der Waals surface area contributed by atoms with Crippen molar-refractivity contribution in [2.75, 3.05) is 13.1 Å². The van der Waals surface area contributed by atoms with Gasteiger partial charge in [-0.1, -0.05) is 58.2 Å². The van der Waals surface area contributed by atoms with Gasteiger partial charge in [0, 0.05) is 50.0 Å². The van der Waals surface area contributed by atoms with Crippen molar-refractivity contribution < 1.29 is 24.0 Å². The Hall–Kier alpha value is -3.69. The lowest BCUT2D eigenvalue weighted by atomic mass is 9.94. The summed E-state index contributed by atoms with van der Waals surface area (Å²) in [5.74, 6) is -0.996. The van der Waals surface area contributed by atoms with Crippen LogP contribution in [0.15, 0.2) is 30.5 Å². The molecule has 2 fully saturated rings. The van der Waals surface area contributed by atoms with E-state index >= 15 is 0 Å². The minimum atomic E-state index is -0.789. The molecule has 0 bridgehead atoms. The fraction of sp³-hybridized carbons (Fsp3) is 0.618. The van der Waals surface area contributed by atoms with Crippen LogP contribution in [0.3, 0.4) is 0 Å². The van der Waals surface area contributed by atoms with E-state index in [9.17, 15) is 24.0 Å². The molecular weight excluding hydrogens is 558 g/mol. The smallest absolute Gasteiger partial charge is 0.246 e. The summed E-state index contributed by atoms with van der Waals surface area (Å²) in [6.07, 6.45) is 7.88. The number of ketones is 1. The number of carbonyl (C=O) groups excluding carboxylic acids is 5. The highest BCUT2D eigenvalue weighted by Crippen LogP contribution is 2.27. The van der Waals surface area contributed by atoms with E-state index in [0.717, 1.165) is 29.3 Å². The molecule has 0 spiro atoms. The summed E-state index contributed by atoms with van der Waals surface area (Å²) in [7, 11) is 0. The van der Waals surface area contributed by atoms with Crippen molar-refractivity contribution in [1.82, 2.24) is 25.4 Å². The molecule has 0 saturated carbocycles. The van der Waals surface area contributed by atoms with Crippen LogP contribution in [-0.2, 0) is 30.4 Å². The Balaban J connectivity index is 1.67. The number of hydrogen-bond acceptors (Lipinski definition) is 5. The third-order valence-corrected chi connectivity index (χ3v) is 9.40. The average Bonchev–Trinajstić information content (AvgIpc) is 3.66. The Morgan fingerprint density at radius 3 is 2.52 bits per heavy atom. The molecule has 1 aromatic heterocycles. The zero-order valence-electron chi connectivity index (χ0n) is 26.7. The van der Waals surface area contributed by atoms with Crippen molar-refractivity contribution in [1.29, 1.82) is 0 Å². The lowest BCUT2D eigenvalue weighted by Gasteiger charge is -2.40. The normalized spacial score (nSPS) is 23.9. The highest BCUT2D eigenvalue weighted by molar-refractivity contribution is 5.95. The van der Waals surface area contributed by atoms with Gasteiger partial charge in [-0.2, -0.15) is 0 Å². The molecule has 3 heterocycles. The van der Waals surface area contributed by atoms with E-state index in [-0.39, 0.29) is 41.9 Å². The van der Waals surface area contributed by atoms with E-state index in [1.54, 1.807) is 9.80 Å². The fourth-order valence-electron chi connectivity index (χ4n) is 6.65. The highest BCUT2D eigenvalue weighted by Gasteiger charge is 2.43. The summed E-state index contributed by atoms with van der Waals surface area (Å²) in [5, 5.41) is 7.19. The van der Waals surface area contributed by atoms with Gasteiger partial charge >= 0.3 is 0 Å². The molecule has 2 aromatic rings. The van der Waals surface area contributed by atoms with Crippen molar-refractivity contribution in [2.24, 2.45) is 5.92 Å². The van der Waals surface area contributed by atoms with E-state index in [4.69, 9.17) is 0 Å². The molecule has 0 radical (unpaired) electrons. The SMILES string of the molecule is CCC(=O)CCCCC[C@@H]1NC(=O)[C@H]2CCCN2C(=O)[C@H]([C@@H](C)CC)N(C(C)=O)C[C@H](Cc2c[nH]c3ccccc23)NC1=O. The fourth-order valence-corrected chi connectivity index (χ4v) is 6.65. The van der Waals surface area contributed by atoms with Gasteiger partial charge in [0.1, 0.15) is 23.9 Å². The van der Waals surface area contributed by atoms with Crippen molar-refractivity contribution in [3.8, 4) is 0 Å². The molecule has 0 aliphatic carbocycles. The van der Waals surface area contributed by atoms with E-state index in [0.29, 0.717) is 57.9 Å². The molecule has 1 aromatic carbocycles. The quantitative estimate of drug-likeness (QED) is 0.334. The van der Waals surface area contributed by atoms with Crippen LogP contribution < -0.4 is 10.6 Å². The number of nitrogens with one attached hydrogen (secondary N) is 3. The first-order valence-corrected chi connectivity index (χ1v) is 16.4. The molecule has 3 N–H and O–H groups in total. The Morgan fingerprint density at radius 1 is 1.02 bits per heavy atom. The number of unbranched alkanes of at least 4 members (excludes halogenated alkanes) is 2. The molecule has 10 nitrogen and oxygen atoms in total. The van der Waals surface area contributed by atoms with Crippen LogP contribution in [0, 0.1) is 5.92 Å². The number of para-hydroxylation sites is 1. The number of benzene rings is 1. The number of Topliss-reactive ketones (excluding diaryl/α,β-unsaturated/α-hetero) is 1. The van der Waals surface area contributed by atoms with E-state index in [1.165, 1.54) is 6.92 Å². The molecule has 2 aliphatic rings. The third kappa shape index (κ3) is 7.87. The monoisotopic (exact) mass is 607 g/mol. The Morgan fingerprint density at radius 2 is 1.80 bits per heavy atom. The number of H-pyrrole nitrogens is 1. The van der Waals surface area contributed by atoms with Crippen LogP contribution in [0.4, 0.5) is 0 Å². The first-order chi connectivity index (χ1) is 21.1. The predicted molar refractivity (Wildman–Crippen MR) is 170 cm³/mol. The minimum Gasteiger partial charge on any atom is -0.361 e. The van der Waals surface area contributed by atoms with Crippen LogP contribution in [-0.4, -0.2) is 81.5 Å². The summed E-state index contributed by atoms with van der Waals surface area (Å²) >= 11 is 0. The largest absolute Gasteiger partial charge is 0.361 e. The standard InChI is InChI=1S/C34H49N5O5/c1-5-22(3)31-34(44)38-18-12-17-30(38)33(43)37-29(16-9-7-8-13-26(41)6-2)32(42)36-25(21-39(31)23(4)40)19-24-20-35-28-15-11-10-14-27(24)28/h10-11,14-15,20,22,25,29-31,35H,5-9,12-13,16-19,21H2,1-4H3,(H,36,42)(H,37,43)/t22-,25-,29-,30+,31-/m0/s1. The number of hydrogen-bond donors (Lipinski definition) is 3. The Bertz CT molecular complexity index is 1340. The van der Waals surface area contributed by atoms with Gasteiger partial charge in [0.05, 0.1) is 6.04 Å². The highest BCUT2D eigenvalue weighted by atomic mass is 16.2. The molecule has 5 atom stereocenters. The minimum absolute atomic E-state index is 0.143. The molecule has 240 valence electrons. The van der Waals surface area contributed by atoms with E-state index in [2.05, 4.69) is 15.6 Å². The van der Waals surface area contributed by atoms with Crippen LogP contribution >= 0.6 is 0 Å². The number of aromatic amines is 1. The summed E-state index contributed by atoms with van der Waals surface area (Å²) in [4.78, 5) is 73.3. The molecule has 10 heteroatoms. The van der Waals surface area contributed by atoms with Gasteiger partial charge in [-0.25, -0.2) is 0 Å². The van der Waals surface area contributed by atoms with Crippen molar-refractivity contribution in [2.45, 2.75) is 116 Å². The second kappa shape index (κ2) is 15.3. The molecule has 2 saturated heterocycles. The zero-order chi connectivity index (χ0) is 31.8.